The molecule has 0 atom stereocenters. The maximum Gasteiger partial charge on any atom is 3.00 e. The molecule has 7 aromatic heterocycles. The summed E-state index contributed by atoms with van der Waals surface area (Å²) in [5.74, 6) is 0. The standard InChI is InChI=1S/C44H37N8.In/c1-49-21-13-29(14-22-49)41-33-5-7-35(45-33)42(30-15-23-50(2)24-16-30)37-9-11-39(47-37)44(32-19-27-52(4)28-20-32)40-12-10-38(48-40)43(36-8-6-34(41)46-36)31-17-25-51(3)26-18-31;/h5-28H,1-4H3,(H,45,46,47,48);/q2*+3/p+1. The fraction of sp³-hybridized carbons (Fsp3) is 0.0909. The predicted octanol–water partition coefficient (Wildman–Crippen LogP) is 6.24. The molecule has 250 valence electrons. The van der Waals surface area contributed by atoms with E-state index in [0.29, 0.717) is 0 Å². The van der Waals surface area contributed by atoms with Gasteiger partial charge in [0.05, 0.1) is 22.8 Å². The molecule has 0 spiro atoms. The van der Waals surface area contributed by atoms with Crippen molar-refractivity contribution in [1.82, 2.24) is 19.9 Å². The Bertz CT molecular complexity index is 2590. The van der Waals surface area contributed by atoms with E-state index in [4.69, 9.17) is 9.97 Å². The normalized spacial score (nSPS) is 11.8. The average molecular weight is 794 g/mol. The first-order valence-corrected chi connectivity index (χ1v) is 17.4. The van der Waals surface area contributed by atoms with Crippen LogP contribution in [0.25, 0.3) is 90.9 Å². The van der Waals surface area contributed by atoms with Crippen molar-refractivity contribution < 1.29 is 18.3 Å². The molecule has 0 aliphatic carbocycles. The Hall–Kier alpha value is -5.93. The number of aromatic amines is 2. The largest absolute Gasteiger partial charge is 3.00 e. The van der Waals surface area contributed by atoms with Crippen LogP contribution in [0.2, 0.25) is 0 Å². The zero-order valence-electron chi connectivity index (χ0n) is 30.1. The number of hydrogen-bond acceptors (Lipinski definition) is 2. The van der Waals surface area contributed by atoms with Crippen LogP contribution in [0.3, 0.4) is 0 Å². The van der Waals surface area contributed by atoms with Gasteiger partial charge in [-0.2, -0.15) is 0 Å². The van der Waals surface area contributed by atoms with Crippen molar-refractivity contribution in [3.63, 3.8) is 0 Å². The predicted molar refractivity (Wildman–Crippen MR) is 211 cm³/mol. The Balaban J connectivity index is 0.00000400. The Kier molecular flexibility index (Phi) is 8.96. The molecule has 8 nitrogen and oxygen atoms in total. The monoisotopic (exact) mass is 793 g/mol. The van der Waals surface area contributed by atoms with E-state index in [2.05, 4.69) is 161 Å². The van der Waals surface area contributed by atoms with Gasteiger partial charge in [0.1, 0.15) is 28.2 Å². The molecule has 0 unspecified atom stereocenters. The van der Waals surface area contributed by atoms with Crippen molar-refractivity contribution in [2.75, 3.05) is 0 Å². The van der Waals surface area contributed by atoms with Crippen LogP contribution < -0.4 is 18.3 Å². The van der Waals surface area contributed by atoms with Gasteiger partial charge in [0.2, 0.25) is 0 Å². The van der Waals surface area contributed by atoms with Gasteiger partial charge >= 0.3 is 25.8 Å². The number of aryl methyl sites for hydroxylation is 4. The second-order valence-corrected chi connectivity index (χ2v) is 13.5. The number of hydrogen-bond donors (Lipinski definition) is 2. The zero-order valence-corrected chi connectivity index (χ0v) is 33.4. The molecule has 9 rings (SSSR count). The molecule has 8 bridgehead atoms. The van der Waals surface area contributed by atoms with Crippen molar-refractivity contribution in [2.45, 2.75) is 0 Å². The van der Waals surface area contributed by atoms with Crippen molar-refractivity contribution in [1.29, 1.82) is 0 Å². The topological polar surface area (TPSA) is 72.9 Å². The van der Waals surface area contributed by atoms with Crippen LogP contribution in [0.15, 0.2) is 122 Å². The first-order valence-electron chi connectivity index (χ1n) is 17.4. The first-order chi connectivity index (χ1) is 25.4. The molecule has 0 radical (unpaired) electrons. The minimum Gasteiger partial charge on any atom is -0.354 e. The summed E-state index contributed by atoms with van der Waals surface area (Å²) in [5.41, 5.74) is 15.9. The summed E-state index contributed by atoms with van der Waals surface area (Å²) in [6.45, 7) is 0. The van der Waals surface area contributed by atoms with E-state index in [-0.39, 0.29) is 25.8 Å². The molecule has 9 heteroatoms. The molecule has 53 heavy (non-hydrogen) atoms. The van der Waals surface area contributed by atoms with Crippen LogP contribution >= 0.6 is 0 Å². The summed E-state index contributed by atoms with van der Waals surface area (Å²) in [6.07, 6.45) is 25.1. The van der Waals surface area contributed by atoms with E-state index in [0.717, 1.165) is 89.4 Å². The van der Waals surface area contributed by atoms with Gasteiger partial charge in [-0.3, -0.25) is 0 Å². The summed E-state index contributed by atoms with van der Waals surface area (Å²) in [4.78, 5) is 18.4. The molecule has 0 saturated carbocycles. The van der Waals surface area contributed by atoms with Crippen molar-refractivity contribution in [3.8, 4) is 44.5 Å². The van der Waals surface area contributed by atoms with Crippen LogP contribution in [-0.4, -0.2) is 45.8 Å². The van der Waals surface area contributed by atoms with Gasteiger partial charge in [0.25, 0.3) is 0 Å². The molecular formula is C44H38InN8+7. The van der Waals surface area contributed by atoms with E-state index in [9.17, 15) is 0 Å². The molecule has 0 aromatic carbocycles. The Labute approximate surface area is 326 Å². The number of nitrogens with one attached hydrogen (secondary N) is 2. The molecule has 2 aliphatic heterocycles. The van der Waals surface area contributed by atoms with Gasteiger partial charge in [-0.15, -0.1) is 0 Å². The van der Waals surface area contributed by atoms with Gasteiger partial charge in [0.15, 0.2) is 49.6 Å². The second kappa shape index (κ2) is 13.9. The molecule has 7 aromatic rings. The van der Waals surface area contributed by atoms with Gasteiger partial charge in [-0.05, 0) is 70.8 Å². The van der Waals surface area contributed by atoms with Crippen molar-refractivity contribution in [2.24, 2.45) is 28.2 Å². The molecular weight excluding hydrogens is 755 g/mol. The summed E-state index contributed by atoms with van der Waals surface area (Å²) < 4.78 is 8.20. The summed E-state index contributed by atoms with van der Waals surface area (Å²) in [7, 11) is 8.14. The van der Waals surface area contributed by atoms with Gasteiger partial charge < -0.3 is 9.97 Å². The maximum atomic E-state index is 5.38. The zero-order chi connectivity index (χ0) is 35.3. The van der Waals surface area contributed by atoms with E-state index in [1.807, 2.05) is 41.9 Å². The van der Waals surface area contributed by atoms with Gasteiger partial charge in [-0.1, -0.05) is 0 Å². The van der Waals surface area contributed by atoms with Crippen LogP contribution in [0.1, 0.15) is 22.8 Å². The number of rotatable bonds is 4. The fourth-order valence-electron chi connectivity index (χ4n) is 7.09. The summed E-state index contributed by atoms with van der Waals surface area (Å²) in [6, 6.07) is 25.9. The number of H-pyrrole nitrogens is 2. The quantitative estimate of drug-likeness (QED) is 0.207. The van der Waals surface area contributed by atoms with Crippen LogP contribution in [0.4, 0.5) is 0 Å². The Morgan fingerprint density at radius 1 is 0.340 bits per heavy atom. The third-order valence-electron chi connectivity index (χ3n) is 9.82. The number of fused-ring (bicyclic) bond motifs is 8. The minimum absolute atomic E-state index is 0. The molecule has 0 amide bonds. The number of pyridine rings is 4. The fourth-order valence-corrected chi connectivity index (χ4v) is 7.09. The molecule has 9 heterocycles. The Morgan fingerprint density at radius 3 is 0.906 bits per heavy atom. The smallest absolute Gasteiger partial charge is 0.354 e. The van der Waals surface area contributed by atoms with E-state index in [1.165, 1.54) is 0 Å². The first kappa shape index (κ1) is 34.2. The third-order valence-corrected chi connectivity index (χ3v) is 9.82. The average Bonchev–Trinajstić information content (AvgIpc) is 3.99. The Morgan fingerprint density at radius 2 is 0.585 bits per heavy atom. The van der Waals surface area contributed by atoms with Crippen LogP contribution in [0.5, 0.6) is 0 Å². The SMILES string of the molecule is C[n+]1ccc(-c2c3nc(c(-c4cc[n+](C)cc4)c4ccc([nH]4)c(-c4cc[n+](C)cc4)c4ccc([nH]4)c(-c4cc[n+](C)cc4)c4nc2C=C4)C=C3)cc1.[In+3]. The van der Waals surface area contributed by atoms with E-state index in [1.54, 1.807) is 0 Å². The molecule has 0 saturated heterocycles. The summed E-state index contributed by atoms with van der Waals surface area (Å²) >= 11 is 0. The van der Waals surface area contributed by atoms with E-state index < -0.39 is 0 Å². The summed E-state index contributed by atoms with van der Waals surface area (Å²) in [5, 5.41) is 0. The maximum absolute atomic E-state index is 5.38. The minimum atomic E-state index is 0. The molecule has 2 N–H and O–H groups in total. The van der Waals surface area contributed by atoms with E-state index >= 15 is 0 Å². The third kappa shape index (κ3) is 6.42. The molecule has 2 aliphatic rings. The number of aromatic nitrogens is 8. The second-order valence-electron chi connectivity index (χ2n) is 13.5. The van der Waals surface area contributed by atoms with Gasteiger partial charge in [-0.25, -0.2) is 28.2 Å². The van der Waals surface area contributed by atoms with Crippen molar-refractivity contribution in [3.05, 3.63) is 145 Å². The van der Waals surface area contributed by atoms with Crippen molar-refractivity contribution >= 4 is 72.2 Å². The van der Waals surface area contributed by atoms with Gasteiger partial charge in [0, 0.05) is 92.9 Å². The number of nitrogens with zero attached hydrogens (tertiary/aromatic N) is 6. The molecule has 0 fully saturated rings. The van der Waals surface area contributed by atoms with Crippen LogP contribution in [0, 0.1) is 0 Å². The van der Waals surface area contributed by atoms with Crippen LogP contribution in [-0.2, 0) is 28.2 Å².